The Morgan fingerprint density at radius 2 is 1.05 bits per heavy atom. The molecule has 3 aromatic heterocycles. The number of thiophene rings is 1. The Balaban J connectivity index is 1.36. The third-order valence-corrected chi connectivity index (χ3v) is 9.75. The Hall–Kier alpha value is -5.88. The molecule has 0 aliphatic carbocycles. The smallest absolute Gasteiger partial charge is 0.0992 e. The fraction of sp³-hybridized carbons (Fsp3) is 0. The maximum absolute atomic E-state index is 10.2. The van der Waals surface area contributed by atoms with Crippen molar-refractivity contribution in [1.29, 1.82) is 10.5 Å². The second-order valence-electron chi connectivity index (χ2n) is 10.8. The van der Waals surface area contributed by atoms with Crippen LogP contribution >= 0.6 is 11.3 Å². The first kappa shape index (κ1) is 23.8. The molecule has 9 aromatic rings. The predicted octanol–water partition coefficient (Wildman–Crippen LogP) is 9.99. The number of para-hydroxylation sites is 3. The molecule has 198 valence electrons. The van der Waals surface area contributed by atoms with Crippen LogP contribution in [0.15, 0.2) is 121 Å². The Kier molecular flexibility index (Phi) is 4.87. The number of nitrogens with zero attached hydrogens (tertiary/aromatic N) is 4. The summed E-state index contributed by atoms with van der Waals surface area (Å²) in [4.78, 5) is 0. The average Bonchev–Trinajstić information content (AvgIpc) is 3.71. The molecule has 0 unspecified atom stereocenters. The van der Waals surface area contributed by atoms with E-state index in [1.165, 1.54) is 15.5 Å². The van der Waals surface area contributed by atoms with E-state index in [0.717, 1.165) is 59.7 Å². The van der Waals surface area contributed by atoms with Gasteiger partial charge in [0.25, 0.3) is 0 Å². The molecule has 43 heavy (non-hydrogen) atoms. The van der Waals surface area contributed by atoms with E-state index < -0.39 is 0 Å². The topological polar surface area (TPSA) is 57.4 Å². The highest BCUT2D eigenvalue weighted by atomic mass is 32.1. The van der Waals surface area contributed by atoms with E-state index >= 15 is 0 Å². The van der Waals surface area contributed by atoms with Crippen LogP contribution in [0.4, 0.5) is 0 Å². The summed E-state index contributed by atoms with van der Waals surface area (Å²) >= 11 is 1.77. The van der Waals surface area contributed by atoms with Crippen LogP contribution in [0.3, 0.4) is 0 Å². The monoisotopic (exact) mass is 564 g/mol. The van der Waals surface area contributed by atoms with Crippen LogP contribution in [-0.4, -0.2) is 9.13 Å². The second kappa shape index (κ2) is 8.81. The Morgan fingerprint density at radius 3 is 1.72 bits per heavy atom. The zero-order valence-electron chi connectivity index (χ0n) is 22.7. The maximum Gasteiger partial charge on any atom is 0.0992 e. The van der Waals surface area contributed by atoms with Crippen molar-refractivity contribution in [2.75, 3.05) is 0 Å². The summed E-state index contributed by atoms with van der Waals surface area (Å²) in [5.41, 5.74) is 7.75. The highest BCUT2D eigenvalue weighted by molar-refractivity contribution is 7.26. The van der Waals surface area contributed by atoms with Crippen LogP contribution in [0.25, 0.3) is 75.2 Å². The van der Waals surface area contributed by atoms with Crippen molar-refractivity contribution in [3.05, 3.63) is 132 Å². The Bertz CT molecular complexity index is 2650. The number of hydrogen-bond acceptors (Lipinski definition) is 3. The molecular formula is C38H20N4S. The largest absolute Gasteiger partial charge is 0.309 e. The van der Waals surface area contributed by atoms with Crippen molar-refractivity contribution in [1.82, 2.24) is 9.13 Å². The van der Waals surface area contributed by atoms with Gasteiger partial charge in [-0.25, -0.2) is 0 Å². The van der Waals surface area contributed by atoms with E-state index in [1.807, 2.05) is 36.4 Å². The molecular weight excluding hydrogens is 545 g/mol. The molecule has 0 saturated heterocycles. The molecule has 0 aliphatic heterocycles. The van der Waals surface area contributed by atoms with Crippen LogP contribution in [0.1, 0.15) is 11.1 Å². The van der Waals surface area contributed by atoms with E-state index in [4.69, 9.17) is 0 Å². The molecule has 6 aromatic carbocycles. The first-order valence-corrected chi connectivity index (χ1v) is 14.9. The third kappa shape index (κ3) is 3.29. The van der Waals surface area contributed by atoms with Gasteiger partial charge in [0, 0.05) is 42.7 Å². The Labute approximate surface area is 250 Å². The SMILES string of the molecule is N#Cc1cc(-n2c3ccccc3c3ccccc32)c2sc3ccc(-n4c5ccccc5c5cc(C#N)ccc54)cc3c2c1. The van der Waals surface area contributed by atoms with Gasteiger partial charge in [-0.3, -0.25) is 0 Å². The van der Waals surface area contributed by atoms with Gasteiger partial charge in [-0.2, -0.15) is 10.5 Å². The van der Waals surface area contributed by atoms with E-state index in [-0.39, 0.29) is 0 Å². The Morgan fingerprint density at radius 1 is 0.465 bits per heavy atom. The minimum Gasteiger partial charge on any atom is -0.309 e. The van der Waals surface area contributed by atoms with Crippen molar-refractivity contribution < 1.29 is 0 Å². The molecule has 0 N–H and O–H groups in total. The summed E-state index contributed by atoms with van der Waals surface area (Å²) in [6.07, 6.45) is 0. The van der Waals surface area contributed by atoms with Gasteiger partial charge in [0.1, 0.15) is 0 Å². The molecule has 0 aliphatic rings. The predicted molar refractivity (Wildman–Crippen MR) is 177 cm³/mol. The van der Waals surface area contributed by atoms with Crippen molar-refractivity contribution in [2.45, 2.75) is 0 Å². The van der Waals surface area contributed by atoms with E-state index in [2.05, 4.69) is 106 Å². The van der Waals surface area contributed by atoms with Crippen molar-refractivity contribution in [2.24, 2.45) is 0 Å². The van der Waals surface area contributed by atoms with Crippen LogP contribution in [0, 0.1) is 22.7 Å². The van der Waals surface area contributed by atoms with Gasteiger partial charge in [-0.15, -0.1) is 11.3 Å². The minimum atomic E-state index is 0.635. The van der Waals surface area contributed by atoms with Crippen LogP contribution in [0.5, 0.6) is 0 Å². The number of nitriles is 2. The number of aromatic nitrogens is 2. The van der Waals surface area contributed by atoms with Gasteiger partial charge in [-0.1, -0.05) is 54.6 Å². The molecule has 4 nitrogen and oxygen atoms in total. The van der Waals surface area contributed by atoms with Crippen molar-refractivity contribution in [3.8, 4) is 23.5 Å². The van der Waals surface area contributed by atoms with Crippen LogP contribution in [-0.2, 0) is 0 Å². The van der Waals surface area contributed by atoms with Gasteiger partial charge in [-0.05, 0) is 66.7 Å². The van der Waals surface area contributed by atoms with Crippen LogP contribution in [0.2, 0.25) is 0 Å². The van der Waals surface area contributed by atoms with Gasteiger partial charge < -0.3 is 9.13 Å². The number of benzene rings is 6. The first-order chi connectivity index (χ1) is 21.2. The summed E-state index contributed by atoms with van der Waals surface area (Å²) in [7, 11) is 0. The molecule has 0 saturated carbocycles. The summed E-state index contributed by atoms with van der Waals surface area (Å²) < 4.78 is 6.91. The molecule has 9 rings (SSSR count). The molecule has 0 fully saturated rings. The number of rotatable bonds is 2. The summed E-state index contributed by atoms with van der Waals surface area (Å²) in [6.45, 7) is 0. The van der Waals surface area contributed by atoms with E-state index in [1.54, 1.807) is 11.3 Å². The summed E-state index contributed by atoms with van der Waals surface area (Å²) in [6, 6.07) is 46.6. The fourth-order valence-electron chi connectivity index (χ4n) is 6.72. The molecule has 0 atom stereocenters. The average molecular weight is 565 g/mol. The lowest BCUT2D eigenvalue weighted by Gasteiger charge is -2.10. The van der Waals surface area contributed by atoms with E-state index in [9.17, 15) is 10.5 Å². The number of hydrogen-bond donors (Lipinski definition) is 0. The second-order valence-corrected chi connectivity index (χ2v) is 11.9. The first-order valence-electron chi connectivity index (χ1n) is 14.1. The quantitative estimate of drug-likeness (QED) is 0.210. The maximum atomic E-state index is 10.2. The van der Waals surface area contributed by atoms with Crippen LogP contribution < -0.4 is 0 Å². The van der Waals surface area contributed by atoms with Gasteiger partial charge in [0.05, 0.1) is 55.7 Å². The normalized spacial score (nSPS) is 11.7. The van der Waals surface area contributed by atoms with Gasteiger partial charge in [0.15, 0.2) is 0 Å². The summed E-state index contributed by atoms with van der Waals surface area (Å²) in [5.74, 6) is 0. The zero-order valence-corrected chi connectivity index (χ0v) is 23.6. The molecule has 5 heteroatoms. The van der Waals surface area contributed by atoms with Gasteiger partial charge >= 0.3 is 0 Å². The molecule has 0 bridgehead atoms. The highest BCUT2D eigenvalue weighted by Crippen LogP contribution is 2.43. The third-order valence-electron chi connectivity index (χ3n) is 8.54. The lowest BCUT2D eigenvalue weighted by atomic mass is 10.1. The van der Waals surface area contributed by atoms with Crippen molar-refractivity contribution >= 4 is 75.1 Å². The molecule has 3 heterocycles. The van der Waals surface area contributed by atoms with Crippen molar-refractivity contribution in [3.63, 3.8) is 0 Å². The summed E-state index contributed by atoms with van der Waals surface area (Å²) in [5, 5.41) is 26.5. The zero-order chi connectivity index (χ0) is 28.7. The van der Waals surface area contributed by atoms with E-state index in [0.29, 0.717) is 11.1 Å². The minimum absolute atomic E-state index is 0.635. The molecule has 0 radical (unpaired) electrons. The molecule has 0 spiro atoms. The molecule has 0 amide bonds. The lowest BCUT2D eigenvalue weighted by molar-refractivity contribution is 1.19. The standard InChI is InChI=1S/C38H20N4S/c39-21-23-13-15-35-29(17-23)28-9-3-4-10-32(28)41(35)25-14-16-37-30(20-25)31-18-24(22-40)19-36(38(31)43-37)42-33-11-5-1-7-26(33)27-8-2-6-12-34(27)42/h1-20H. The fourth-order valence-corrected chi connectivity index (χ4v) is 7.89. The lowest BCUT2D eigenvalue weighted by Crippen LogP contribution is -1.95. The highest BCUT2D eigenvalue weighted by Gasteiger charge is 2.19. The number of fused-ring (bicyclic) bond motifs is 9. The van der Waals surface area contributed by atoms with Gasteiger partial charge in [0.2, 0.25) is 0 Å².